The number of nitrogens with one attached hydrogen (secondary N) is 2. The highest BCUT2D eigenvalue weighted by atomic mass is 16.1. The van der Waals surface area contributed by atoms with Crippen molar-refractivity contribution < 1.29 is 4.79 Å². The monoisotopic (exact) mass is 244 g/mol. The second-order valence-electron chi connectivity index (χ2n) is 3.94. The lowest BCUT2D eigenvalue weighted by atomic mass is 10.2. The highest BCUT2D eigenvalue weighted by Gasteiger charge is 1.97. The average molecular weight is 244 g/mol. The van der Waals surface area contributed by atoms with Crippen molar-refractivity contribution in [1.82, 2.24) is 10.6 Å². The number of hydrogen-bond acceptors (Lipinski definition) is 2. The van der Waals surface area contributed by atoms with E-state index in [9.17, 15) is 4.79 Å². The molecule has 0 unspecified atom stereocenters. The molecule has 3 heteroatoms. The Kier molecular flexibility index (Phi) is 7.34. The van der Waals surface area contributed by atoms with Crippen LogP contribution in [0.4, 0.5) is 0 Å². The third-order valence-electron chi connectivity index (χ3n) is 2.32. The summed E-state index contributed by atoms with van der Waals surface area (Å²) in [6.07, 6.45) is 1.48. The first-order chi connectivity index (χ1) is 8.83. The van der Waals surface area contributed by atoms with Crippen molar-refractivity contribution in [2.45, 2.75) is 19.8 Å². The fourth-order valence-electron chi connectivity index (χ4n) is 1.37. The SMILES string of the molecule is CCCNC(=O)CCNCC#Cc1ccccc1. The van der Waals surface area contributed by atoms with E-state index < -0.39 is 0 Å². The predicted molar refractivity (Wildman–Crippen MR) is 74.1 cm³/mol. The van der Waals surface area contributed by atoms with Gasteiger partial charge in [-0.1, -0.05) is 37.0 Å². The summed E-state index contributed by atoms with van der Waals surface area (Å²) in [5.74, 6) is 6.18. The van der Waals surface area contributed by atoms with Crippen molar-refractivity contribution in [3.05, 3.63) is 35.9 Å². The molecule has 0 spiro atoms. The molecular weight excluding hydrogens is 224 g/mol. The van der Waals surface area contributed by atoms with E-state index in [1.165, 1.54) is 0 Å². The van der Waals surface area contributed by atoms with E-state index in [0.717, 1.165) is 18.5 Å². The Bertz CT molecular complexity index is 403. The van der Waals surface area contributed by atoms with Crippen LogP contribution in [0.15, 0.2) is 30.3 Å². The average Bonchev–Trinajstić information content (AvgIpc) is 2.41. The Hall–Kier alpha value is -1.79. The standard InChI is InChI=1S/C15H20N2O/c1-2-11-17-15(18)10-13-16-12-6-9-14-7-4-3-5-8-14/h3-5,7-8,16H,2,10-13H2,1H3,(H,17,18). The topological polar surface area (TPSA) is 41.1 Å². The minimum atomic E-state index is 0.0976. The molecule has 0 aliphatic rings. The Morgan fingerprint density at radius 1 is 1.22 bits per heavy atom. The highest BCUT2D eigenvalue weighted by molar-refractivity contribution is 5.75. The molecule has 0 saturated carbocycles. The van der Waals surface area contributed by atoms with Crippen LogP contribution in [0, 0.1) is 11.8 Å². The van der Waals surface area contributed by atoms with Crippen molar-refractivity contribution >= 4 is 5.91 Å². The molecule has 0 aliphatic carbocycles. The molecule has 1 rings (SSSR count). The van der Waals surface area contributed by atoms with Crippen molar-refractivity contribution in [3.8, 4) is 11.8 Å². The zero-order chi connectivity index (χ0) is 13.1. The lowest BCUT2D eigenvalue weighted by molar-refractivity contribution is -0.120. The van der Waals surface area contributed by atoms with Crippen molar-refractivity contribution in [1.29, 1.82) is 0 Å². The number of hydrogen-bond donors (Lipinski definition) is 2. The van der Waals surface area contributed by atoms with E-state index in [-0.39, 0.29) is 5.91 Å². The van der Waals surface area contributed by atoms with Crippen LogP contribution in [0.3, 0.4) is 0 Å². The van der Waals surface area contributed by atoms with Crippen LogP contribution in [0.1, 0.15) is 25.3 Å². The van der Waals surface area contributed by atoms with Gasteiger partial charge in [0.05, 0.1) is 6.54 Å². The zero-order valence-electron chi connectivity index (χ0n) is 10.8. The van der Waals surface area contributed by atoms with Crippen LogP contribution < -0.4 is 10.6 Å². The van der Waals surface area contributed by atoms with E-state index >= 15 is 0 Å². The minimum absolute atomic E-state index is 0.0976. The summed E-state index contributed by atoms with van der Waals surface area (Å²) in [5, 5.41) is 5.96. The molecule has 0 aliphatic heterocycles. The van der Waals surface area contributed by atoms with E-state index in [1.54, 1.807) is 0 Å². The molecule has 1 aromatic rings. The first-order valence-corrected chi connectivity index (χ1v) is 6.34. The first kappa shape index (κ1) is 14.3. The summed E-state index contributed by atoms with van der Waals surface area (Å²) < 4.78 is 0. The molecule has 0 atom stereocenters. The van der Waals surface area contributed by atoms with Gasteiger partial charge in [0, 0.05) is 25.1 Å². The Labute approximate surface area is 109 Å². The summed E-state index contributed by atoms with van der Waals surface area (Å²) in [6.45, 7) is 4.07. The molecule has 0 fully saturated rings. The maximum Gasteiger partial charge on any atom is 0.221 e. The van der Waals surface area contributed by atoms with Gasteiger partial charge in [0.25, 0.3) is 0 Å². The van der Waals surface area contributed by atoms with Gasteiger partial charge in [0.15, 0.2) is 0 Å². The summed E-state index contributed by atoms with van der Waals surface area (Å²) in [5.41, 5.74) is 1.01. The van der Waals surface area contributed by atoms with Gasteiger partial charge in [-0.25, -0.2) is 0 Å². The zero-order valence-corrected chi connectivity index (χ0v) is 10.8. The number of carbonyl (C=O) groups is 1. The number of carbonyl (C=O) groups excluding carboxylic acids is 1. The number of rotatable bonds is 6. The predicted octanol–water partition coefficient (Wildman–Crippen LogP) is 1.54. The third kappa shape index (κ3) is 6.72. The van der Waals surface area contributed by atoms with E-state index in [4.69, 9.17) is 0 Å². The molecule has 0 bridgehead atoms. The van der Waals surface area contributed by atoms with Crippen molar-refractivity contribution in [2.24, 2.45) is 0 Å². The molecule has 96 valence electrons. The van der Waals surface area contributed by atoms with Crippen LogP contribution in [-0.4, -0.2) is 25.5 Å². The molecule has 0 radical (unpaired) electrons. The molecule has 3 nitrogen and oxygen atoms in total. The third-order valence-corrected chi connectivity index (χ3v) is 2.32. The summed E-state index contributed by atoms with van der Waals surface area (Å²) in [4.78, 5) is 11.3. The molecule has 0 aromatic heterocycles. The van der Waals surface area contributed by atoms with Gasteiger partial charge in [0.2, 0.25) is 5.91 Å². The van der Waals surface area contributed by atoms with Crippen LogP contribution in [0.5, 0.6) is 0 Å². The van der Waals surface area contributed by atoms with Crippen LogP contribution in [-0.2, 0) is 4.79 Å². The van der Waals surface area contributed by atoms with Gasteiger partial charge in [-0.15, -0.1) is 0 Å². The van der Waals surface area contributed by atoms with E-state index in [2.05, 4.69) is 22.5 Å². The Balaban J connectivity index is 2.09. The maximum absolute atomic E-state index is 11.3. The molecule has 1 aromatic carbocycles. The normalized spacial score (nSPS) is 9.39. The Morgan fingerprint density at radius 3 is 2.72 bits per heavy atom. The fraction of sp³-hybridized carbons (Fsp3) is 0.400. The van der Waals surface area contributed by atoms with Gasteiger partial charge < -0.3 is 10.6 Å². The summed E-state index contributed by atoms with van der Waals surface area (Å²) in [7, 11) is 0. The fourth-order valence-corrected chi connectivity index (χ4v) is 1.37. The van der Waals surface area contributed by atoms with E-state index in [1.807, 2.05) is 37.3 Å². The second-order valence-corrected chi connectivity index (χ2v) is 3.94. The van der Waals surface area contributed by atoms with Gasteiger partial charge >= 0.3 is 0 Å². The van der Waals surface area contributed by atoms with Crippen LogP contribution in [0.2, 0.25) is 0 Å². The summed E-state index contributed by atoms with van der Waals surface area (Å²) in [6, 6.07) is 9.86. The van der Waals surface area contributed by atoms with Crippen molar-refractivity contribution in [3.63, 3.8) is 0 Å². The molecule has 1 amide bonds. The Morgan fingerprint density at radius 2 is 2.00 bits per heavy atom. The van der Waals surface area contributed by atoms with Gasteiger partial charge in [0.1, 0.15) is 0 Å². The van der Waals surface area contributed by atoms with Gasteiger partial charge in [-0.05, 0) is 18.6 Å². The first-order valence-electron chi connectivity index (χ1n) is 6.34. The molecule has 0 heterocycles. The maximum atomic E-state index is 11.3. The molecule has 18 heavy (non-hydrogen) atoms. The lowest BCUT2D eigenvalue weighted by Crippen LogP contribution is -2.28. The lowest BCUT2D eigenvalue weighted by Gasteiger charge is -2.02. The molecular formula is C15H20N2O. The van der Waals surface area contributed by atoms with E-state index in [0.29, 0.717) is 19.5 Å². The summed E-state index contributed by atoms with van der Waals surface area (Å²) >= 11 is 0. The molecule has 0 saturated heterocycles. The quantitative estimate of drug-likeness (QED) is 0.589. The van der Waals surface area contributed by atoms with Crippen LogP contribution in [0.25, 0.3) is 0 Å². The highest BCUT2D eigenvalue weighted by Crippen LogP contribution is 1.94. The largest absolute Gasteiger partial charge is 0.356 e. The van der Waals surface area contributed by atoms with Gasteiger partial charge in [-0.3, -0.25) is 4.79 Å². The van der Waals surface area contributed by atoms with Crippen molar-refractivity contribution in [2.75, 3.05) is 19.6 Å². The van der Waals surface area contributed by atoms with Gasteiger partial charge in [-0.2, -0.15) is 0 Å². The number of amides is 1. The molecule has 2 N–H and O–H groups in total. The minimum Gasteiger partial charge on any atom is -0.356 e. The number of benzene rings is 1. The van der Waals surface area contributed by atoms with Crippen LogP contribution >= 0.6 is 0 Å². The smallest absolute Gasteiger partial charge is 0.221 e. The second kappa shape index (κ2) is 9.26.